The van der Waals surface area contributed by atoms with Crippen molar-refractivity contribution in [1.29, 1.82) is 0 Å². The SMILES string of the molecule is Cc1cc2oc(=O)cc(COC(=O)c3cc(=O)[nH]c4ccccc34)c2cc1C. The molecule has 0 saturated heterocycles. The number of hydrogen-bond donors (Lipinski definition) is 1. The number of aromatic nitrogens is 1. The van der Waals surface area contributed by atoms with E-state index in [1.54, 1.807) is 30.3 Å². The lowest BCUT2D eigenvalue weighted by Gasteiger charge is -2.10. The van der Waals surface area contributed by atoms with E-state index in [1.807, 2.05) is 19.9 Å². The molecule has 0 saturated carbocycles. The highest BCUT2D eigenvalue weighted by Crippen LogP contribution is 2.23. The van der Waals surface area contributed by atoms with Gasteiger partial charge in [-0.2, -0.15) is 0 Å². The highest BCUT2D eigenvalue weighted by Gasteiger charge is 2.15. The molecule has 0 aliphatic heterocycles. The van der Waals surface area contributed by atoms with Crippen LogP contribution in [-0.2, 0) is 11.3 Å². The number of fused-ring (bicyclic) bond motifs is 2. The standard InChI is InChI=1S/C22H17NO5/c1-12-7-16-14(9-21(25)28-19(16)8-13(12)2)11-27-22(26)17-10-20(24)23-18-6-4-3-5-15(17)18/h3-10H,11H2,1-2H3,(H,23,24). The highest BCUT2D eigenvalue weighted by atomic mass is 16.5. The largest absolute Gasteiger partial charge is 0.457 e. The van der Waals surface area contributed by atoms with Crippen molar-refractivity contribution in [2.24, 2.45) is 0 Å². The van der Waals surface area contributed by atoms with E-state index in [0.29, 0.717) is 27.4 Å². The summed E-state index contributed by atoms with van der Waals surface area (Å²) in [7, 11) is 0. The molecule has 2 aromatic heterocycles. The van der Waals surface area contributed by atoms with Crippen LogP contribution in [0.1, 0.15) is 27.0 Å². The molecule has 0 atom stereocenters. The smallest absolute Gasteiger partial charge is 0.339 e. The lowest BCUT2D eigenvalue weighted by molar-refractivity contribution is 0.0476. The lowest BCUT2D eigenvalue weighted by atomic mass is 10.0. The number of ether oxygens (including phenoxy) is 1. The molecule has 6 nitrogen and oxygen atoms in total. The highest BCUT2D eigenvalue weighted by molar-refractivity contribution is 6.03. The summed E-state index contributed by atoms with van der Waals surface area (Å²) < 4.78 is 10.7. The molecular weight excluding hydrogens is 358 g/mol. The summed E-state index contributed by atoms with van der Waals surface area (Å²) in [5, 5.41) is 1.31. The summed E-state index contributed by atoms with van der Waals surface area (Å²) in [5.74, 6) is -0.632. The van der Waals surface area contributed by atoms with Gasteiger partial charge >= 0.3 is 11.6 Å². The van der Waals surface area contributed by atoms with Crippen LogP contribution in [-0.4, -0.2) is 11.0 Å². The van der Waals surface area contributed by atoms with Gasteiger partial charge in [0.1, 0.15) is 12.2 Å². The molecule has 28 heavy (non-hydrogen) atoms. The summed E-state index contributed by atoms with van der Waals surface area (Å²) in [4.78, 5) is 39.1. The number of carbonyl (C=O) groups is 1. The average Bonchev–Trinajstić information content (AvgIpc) is 2.66. The molecule has 0 amide bonds. The van der Waals surface area contributed by atoms with Crippen LogP contribution in [0.25, 0.3) is 21.9 Å². The van der Waals surface area contributed by atoms with E-state index in [0.717, 1.165) is 11.1 Å². The van der Waals surface area contributed by atoms with Gasteiger partial charge in [-0.25, -0.2) is 9.59 Å². The third-order valence-corrected chi connectivity index (χ3v) is 4.77. The predicted octanol–water partition coefficient (Wildman–Crippen LogP) is 3.61. The molecular formula is C22H17NO5. The van der Waals surface area contributed by atoms with Crippen molar-refractivity contribution in [3.63, 3.8) is 0 Å². The maximum absolute atomic E-state index is 12.6. The average molecular weight is 375 g/mol. The Bertz CT molecular complexity index is 1350. The monoisotopic (exact) mass is 375 g/mol. The molecule has 0 bridgehead atoms. The normalized spacial score (nSPS) is 11.1. The Morgan fingerprint density at radius 1 is 1.00 bits per heavy atom. The number of aromatic amines is 1. The summed E-state index contributed by atoms with van der Waals surface area (Å²) in [6.07, 6.45) is 0. The fourth-order valence-electron chi connectivity index (χ4n) is 3.20. The number of rotatable bonds is 3. The molecule has 0 spiro atoms. The number of nitrogens with one attached hydrogen (secondary N) is 1. The number of esters is 1. The van der Waals surface area contributed by atoms with Crippen LogP contribution < -0.4 is 11.2 Å². The van der Waals surface area contributed by atoms with Crippen LogP contribution in [0.2, 0.25) is 0 Å². The summed E-state index contributed by atoms with van der Waals surface area (Å²) >= 11 is 0. The van der Waals surface area contributed by atoms with Gasteiger partial charge in [0.15, 0.2) is 0 Å². The number of para-hydroxylation sites is 1. The Balaban J connectivity index is 1.71. The van der Waals surface area contributed by atoms with Gasteiger partial charge in [-0.05, 0) is 43.2 Å². The van der Waals surface area contributed by atoms with Crippen molar-refractivity contribution in [2.45, 2.75) is 20.5 Å². The first kappa shape index (κ1) is 17.7. The van der Waals surface area contributed by atoms with E-state index in [1.165, 1.54) is 12.1 Å². The van der Waals surface area contributed by atoms with Crippen LogP contribution in [0.15, 0.2) is 62.5 Å². The molecule has 140 valence electrons. The lowest BCUT2D eigenvalue weighted by Crippen LogP contribution is -2.13. The zero-order chi connectivity index (χ0) is 19.8. The molecule has 4 aromatic rings. The Hall–Kier alpha value is -3.67. The van der Waals surface area contributed by atoms with E-state index in [9.17, 15) is 14.4 Å². The van der Waals surface area contributed by atoms with Crippen LogP contribution in [0.5, 0.6) is 0 Å². The topological polar surface area (TPSA) is 89.4 Å². The number of carbonyl (C=O) groups excluding carboxylic acids is 1. The molecule has 0 radical (unpaired) electrons. The van der Waals surface area contributed by atoms with E-state index in [2.05, 4.69) is 4.98 Å². The Labute approximate surface area is 159 Å². The first-order chi connectivity index (χ1) is 13.4. The number of pyridine rings is 1. The second-order valence-electron chi connectivity index (χ2n) is 6.69. The Kier molecular flexibility index (Phi) is 4.31. The van der Waals surface area contributed by atoms with Crippen molar-refractivity contribution < 1.29 is 13.9 Å². The zero-order valence-electron chi connectivity index (χ0n) is 15.4. The predicted molar refractivity (Wildman–Crippen MR) is 106 cm³/mol. The first-order valence-electron chi connectivity index (χ1n) is 8.75. The third-order valence-electron chi connectivity index (χ3n) is 4.77. The summed E-state index contributed by atoms with van der Waals surface area (Å²) in [6, 6.07) is 13.2. The van der Waals surface area contributed by atoms with Crippen molar-refractivity contribution in [3.8, 4) is 0 Å². The number of benzene rings is 2. The van der Waals surface area contributed by atoms with Crippen LogP contribution in [0.3, 0.4) is 0 Å². The van der Waals surface area contributed by atoms with Crippen molar-refractivity contribution >= 4 is 27.8 Å². The van der Waals surface area contributed by atoms with Gasteiger partial charge in [-0.3, -0.25) is 4.79 Å². The second kappa shape index (κ2) is 6.81. The molecule has 0 unspecified atom stereocenters. The van der Waals surface area contributed by atoms with Gasteiger partial charge in [0, 0.05) is 34.0 Å². The molecule has 0 aliphatic rings. The van der Waals surface area contributed by atoms with E-state index in [-0.39, 0.29) is 17.7 Å². The van der Waals surface area contributed by atoms with Gasteiger partial charge in [0.25, 0.3) is 0 Å². The molecule has 6 heteroatoms. The second-order valence-corrected chi connectivity index (χ2v) is 6.69. The van der Waals surface area contributed by atoms with E-state index in [4.69, 9.17) is 9.15 Å². The number of hydrogen-bond acceptors (Lipinski definition) is 5. The first-order valence-corrected chi connectivity index (χ1v) is 8.75. The minimum atomic E-state index is -0.632. The van der Waals surface area contributed by atoms with Gasteiger partial charge in [0.05, 0.1) is 5.56 Å². The van der Waals surface area contributed by atoms with Crippen molar-refractivity contribution in [2.75, 3.05) is 0 Å². The fraction of sp³-hybridized carbons (Fsp3) is 0.136. The van der Waals surface area contributed by atoms with Crippen LogP contribution >= 0.6 is 0 Å². The maximum atomic E-state index is 12.6. The number of aryl methyl sites for hydroxylation is 2. The van der Waals surface area contributed by atoms with Gasteiger partial charge in [0.2, 0.25) is 5.56 Å². The Morgan fingerprint density at radius 3 is 2.57 bits per heavy atom. The molecule has 2 heterocycles. The van der Waals surface area contributed by atoms with Gasteiger partial charge < -0.3 is 14.1 Å². The van der Waals surface area contributed by atoms with Crippen molar-refractivity contribution in [1.82, 2.24) is 4.98 Å². The quantitative estimate of drug-likeness (QED) is 0.436. The third kappa shape index (κ3) is 3.20. The Morgan fingerprint density at radius 2 is 1.75 bits per heavy atom. The zero-order valence-corrected chi connectivity index (χ0v) is 15.4. The fourth-order valence-corrected chi connectivity index (χ4v) is 3.20. The van der Waals surface area contributed by atoms with Crippen molar-refractivity contribution in [3.05, 3.63) is 91.6 Å². The van der Waals surface area contributed by atoms with Gasteiger partial charge in [-0.1, -0.05) is 18.2 Å². The summed E-state index contributed by atoms with van der Waals surface area (Å²) in [5.41, 5.74) is 2.87. The molecule has 2 aromatic carbocycles. The molecule has 0 fully saturated rings. The van der Waals surface area contributed by atoms with E-state index >= 15 is 0 Å². The van der Waals surface area contributed by atoms with Crippen LogP contribution in [0.4, 0.5) is 0 Å². The number of H-pyrrole nitrogens is 1. The minimum Gasteiger partial charge on any atom is -0.457 e. The molecule has 4 rings (SSSR count). The van der Waals surface area contributed by atoms with Gasteiger partial charge in [-0.15, -0.1) is 0 Å². The molecule has 0 aliphatic carbocycles. The summed E-state index contributed by atoms with van der Waals surface area (Å²) in [6.45, 7) is 3.78. The minimum absolute atomic E-state index is 0.107. The van der Waals surface area contributed by atoms with E-state index < -0.39 is 11.6 Å². The maximum Gasteiger partial charge on any atom is 0.339 e. The van der Waals surface area contributed by atoms with Crippen LogP contribution in [0, 0.1) is 13.8 Å². The molecule has 1 N–H and O–H groups in total.